The fraction of sp³-hybridized carbons (Fsp3) is 0.300. The minimum atomic E-state index is -3.66. The van der Waals surface area contributed by atoms with Crippen molar-refractivity contribution in [2.75, 3.05) is 5.32 Å². The molecule has 0 aliphatic carbocycles. The Hall–Kier alpha value is -1.63. The third kappa shape index (κ3) is 2.38. The molecule has 1 aromatic rings. The van der Waals surface area contributed by atoms with Crippen LogP contribution in [0.1, 0.15) is 13.8 Å². The summed E-state index contributed by atoms with van der Waals surface area (Å²) in [6, 6.07) is 3.37. The van der Waals surface area contributed by atoms with E-state index in [1.807, 2.05) is 13.8 Å². The summed E-state index contributed by atoms with van der Waals surface area (Å²) in [5.41, 5.74) is 0.197. The van der Waals surface area contributed by atoms with Gasteiger partial charge in [-0.25, -0.2) is 22.5 Å². The molecule has 0 bridgehead atoms. The van der Waals surface area contributed by atoms with Crippen molar-refractivity contribution in [3.63, 3.8) is 0 Å². The van der Waals surface area contributed by atoms with Crippen LogP contribution in [0, 0.1) is 5.82 Å². The first-order valence-corrected chi connectivity index (χ1v) is 6.54. The molecule has 92 valence electrons. The van der Waals surface area contributed by atoms with Crippen LogP contribution in [0.5, 0.6) is 0 Å². The summed E-state index contributed by atoms with van der Waals surface area (Å²) < 4.78 is 39.0. The van der Waals surface area contributed by atoms with Gasteiger partial charge < -0.3 is 5.32 Å². The zero-order valence-electron chi connectivity index (χ0n) is 9.36. The molecule has 1 aliphatic rings. The van der Waals surface area contributed by atoms with Gasteiger partial charge in [0.05, 0.1) is 5.69 Å². The normalized spacial score (nSPS) is 19.6. The Balaban J connectivity index is 2.53. The van der Waals surface area contributed by atoms with E-state index >= 15 is 0 Å². The molecule has 0 aromatic heterocycles. The minimum Gasteiger partial charge on any atom is -0.324 e. The molecule has 0 amide bonds. The van der Waals surface area contributed by atoms with Gasteiger partial charge >= 0.3 is 0 Å². The van der Waals surface area contributed by atoms with Gasteiger partial charge in [0.1, 0.15) is 10.7 Å². The number of hydrogen-bond acceptors (Lipinski definition) is 3. The van der Waals surface area contributed by atoms with E-state index < -0.39 is 15.8 Å². The monoisotopic (exact) mass is 257 g/mol. The highest BCUT2D eigenvalue weighted by Gasteiger charge is 2.26. The van der Waals surface area contributed by atoms with Crippen LogP contribution in [-0.2, 0) is 10.0 Å². The highest BCUT2D eigenvalue weighted by molar-refractivity contribution is 7.90. The smallest absolute Gasteiger partial charge is 0.266 e. The van der Waals surface area contributed by atoms with E-state index in [4.69, 9.17) is 0 Å². The summed E-state index contributed by atoms with van der Waals surface area (Å²) in [6.07, 6.45) is 0. The molecule has 7 heteroatoms. The Morgan fingerprint density at radius 3 is 2.71 bits per heavy atom. The van der Waals surface area contributed by atoms with E-state index in [1.165, 1.54) is 6.07 Å². The molecule has 1 aliphatic heterocycles. The first-order chi connectivity index (χ1) is 7.88. The van der Waals surface area contributed by atoms with Crippen molar-refractivity contribution in [2.24, 2.45) is 4.99 Å². The second-order valence-corrected chi connectivity index (χ2v) is 5.59. The molecule has 0 saturated carbocycles. The van der Waals surface area contributed by atoms with Gasteiger partial charge in [0, 0.05) is 6.04 Å². The van der Waals surface area contributed by atoms with Crippen molar-refractivity contribution < 1.29 is 12.8 Å². The molecule has 1 heterocycles. The summed E-state index contributed by atoms with van der Waals surface area (Å²) in [7, 11) is -3.66. The van der Waals surface area contributed by atoms with Crippen LogP contribution in [0.15, 0.2) is 28.1 Å². The highest BCUT2D eigenvalue weighted by Crippen LogP contribution is 2.25. The maximum atomic E-state index is 13.0. The molecule has 0 spiro atoms. The number of anilines is 1. The summed E-state index contributed by atoms with van der Waals surface area (Å²) in [5, 5.41) is 2.74. The van der Waals surface area contributed by atoms with E-state index in [2.05, 4.69) is 15.0 Å². The molecule has 0 atom stereocenters. The van der Waals surface area contributed by atoms with Crippen molar-refractivity contribution in [3.8, 4) is 0 Å². The first-order valence-electron chi connectivity index (χ1n) is 5.06. The third-order valence-electron chi connectivity index (χ3n) is 2.10. The number of sulfonamides is 1. The van der Waals surface area contributed by atoms with Crippen molar-refractivity contribution in [3.05, 3.63) is 24.0 Å². The van der Waals surface area contributed by atoms with E-state index in [1.54, 1.807) is 0 Å². The zero-order chi connectivity index (χ0) is 12.6. The van der Waals surface area contributed by atoms with E-state index in [-0.39, 0.29) is 22.6 Å². The Labute approximate surface area is 98.8 Å². The molecular weight excluding hydrogens is 245 g/mol. The average Bonchev–Trinajstić information content (AvgIpc) is 2.13. The maximum absolute atomic E-state index is 13.0. The van der Waals surface area contributed by atoms with Crippen LogP contribution in [-0.4, -0.2) is 20.4 Å². The largest absolute Gasteiger partial charge is 0.324 e. The highest BCUT2D eigenvalue weighted by atomic mass is 32.2. The number of halogens is 1. The Morgan fingerprint density at radius 1 is 1.35 bits per heavy atom. The number of nitrogens with zero attached hydrogens (tertiary/aromatic N) is 1. The maximum Gasteiger partial charge on any atom is 0.266 e. The van der Waals surface area contributed by atoms with Gasteiger partial charge in [-0.05, 0) is 32.0 Å². The lowest BCUT2D eigenvalue weighted by molar-refractivity contribution is 0.590. The molecule has 0 saturated heterocycles. The quantitative estimate of drug-likeness (QED) is 0.796. The first kappa shape index (κ1) is 11.8. The molecule has 0 radical (unpaired) electrons. The number of rotatable bonds is 1. The fourth-order valence-corrected chi connectivity index (χ4v) is 2.60. The second kappa shape index (κ2) is 3.99. The average molecular weight is 257 g/mol. The Kier molecular flexibility index (Phi) is 2.78. The number of fused-ring (bicyclic) bond motifs is 1. The van der Waals surface area contributed by atoms with Crippen LogP contribution in [0.2, 0.25) is 0 Å². The van der Waals surface area contributed by atoms with Crippen molar-refractivity contribution in [1.29, 1.82) is 0 Å². The van der Waals surface area contributed by atoms with Gasteiger partial charge in [0.2, 0.25) is 5.96 Å². The predicted molar refractivity (Wildman–Crippen MR) is 62.9 cm³/mol. The molecule has 2 rings (SSSR count). The lowest BCUT2D eigenvalue weighted by Gasteiger charge is -2.21. The van der Waals surface area contributed by atoms with E-state index in [0.29, 0.717) is 0 Å². The standard InChI is InChI=1S/C10H12FN3O2S/c1-6(2)12-10-13-8-5-7(11)3-4-9(8)17(15,16)14-10/h3-6H,1-2H3,(H2,12,13,14). The van der Waals surface area contributed by atoms with Gasteiger partial charge in [-0.1, -0.05) is 0 Å². The molecule has 5 nitrogen and oxygen atoms in total. The van der Waals surface area contributed by atoms with Crippen molar-refractivity contribution in [2.45, 2.75) is 24.8 Å². The van der Waals surface area contributed by atoms with Crippen LogP contribution < -0.4 is 10.0 Å². The van der Waals surface area contributed by atoms with Crippen LogP contribution in [0.3, 0.4) is 0 Å². The van der Waals surface area contributed by atoms with Crippen LogP contribution in [0.25, 0.3) is 0 Å². The molecule has 17 heavy (non-hydrogen) atoms. The third-order valence-corrected chi connectivity index (χ3v) is 3.50. The second-order valence-electron chi connectivity index (χ2n) is 3.94. The SMILES string of the molecule is CC(C)N=C1Nc2cc(F)ccc2S(=O)(=O)N1. The van der Waals surface area contributed by atoms with Crippen LogP contribution in [0.4, 0.5) is 10.1 Å². The topological polar surface area (TPSA) is 70.6 Å². The van der Waals surface area contributed by atoms with Gasteiger partial charge in [-0.15, -0.1) is 0 Å². The number of nitrogens with one attached hydrogen (secondary N) is 2. The van der Waals surface area contributed by atoms with Crippen molar-refractivity contribution in [1.82, 2.24) is 4.72 Å². The van der Waals surface area contributed by atoms with Gasteiger partial charge in [-0.2, -0.15) is 0 Å². The number of guanidine groups is 1. The van der Waals surface area contributed by atoms with E-state index in [9.17, 15) is 12.8 Å². The van der Waals surface area contributed by atoms with Gasteiger partial charge in [0.25, 0.3) is 10.0 Å². The van der Waals surface area contributed by atoms with Gasteiger partial charge in [0.15, 0.2) is 0 Å². The number of aliphatic imine (C=N–C) groups is 1. The predicted octanol–water partition coefficient (Wildman–Crippen LogP) is 1.29. The summed E-state index contributed by atoms with van der Waals surface area (Å²) >= 11 is 0. The lowest BCUT2D eigenvalue weighted by atomic mass is 10.3. The molecule has 0 unspecified atom stereocenters. The Bertz CT molecular complexity index is 581. The minimum absolute atomic E-state index is 0.0154. The van der Waals surface area contributed by atoms with Crippen LogP contribution >= 0.6 is 0 Å². The molecule has 2 N–H and O–H groups in total. The van der Waals surface area contributed by atoms with Gasteiger partial charge in [-0.3, -0.25) is 0 Å². The summed E-state index contributed by atoms with van der Waals surface area (Å²) in [4.78, 5) is 4.07. The lowest BCUT2D eigenvalue weighted by Crippen LogP contribution is -2.41. The number of hydrogen-bond donors (Lipinski definition) is 2. The summed E-state index contributed by atoms with van der Waals surface area (Å²) in [6.45, 7) is 3.62. The molecular formula is C10H12FN3O2S. The fourth-order valence-electron chi connectivity index (χ4n) is 1.49. The summed E-state index contributed by atoms with van der Waals surface area (Å²) in [5.74, 6) is -0.393. The van der Waals surface area contributed by atoms with E-state index in [0.717, 1.165) is 12.1 Å². The van der Waals surface area contributed by atoms with Crippen molar-refractivity contribution >= 4 is 21.7 Å². The number of benzene rings is 1. The molecule has 0 fully saturated rings. The Morgan fingerprint density at radius 2 is 2.06 bits per heavy atom. The zero-order valence-corrected chi connectivity index (χ0v) is 10.2. The molecule has 1 aromatic carbocycles.